The second kappa shape index (κ2) is 8.40. The molecule has 0 atom stereocenters. The van der Waals surface area contributed by atoms with E-state index in [-0.39, 0.29) is 10.7 Å². The van der Waals surface area contributed by atoms with Crippen LogP contribution in [-0.4, -0.2) is 6.54 Å². The summed E-state index contributed by atoms with van der Waals surface area (Å²) in [7, 11) is 0. The van der Waals surface area contributed by atoms with E-state index >= 15 is 0 Å². The molecule has 0 saturated heterocycles. The minimum atomic E-state index is -4.38. The highest BCUT2D eigenvalue weighted by atomic mass is 35.5. The number of benzene rings is 1. The topological polar surface area (TPSA) is 12.0 Å². The minimum absolute atomic E-state index is 0.0995. The average Bonchev–Trinajstić information content (AvgIpc) is 2.38. The minimum Gasteiger partial charge on any atom is -0.385 e. The van der Waals surface area contributed by atoms with Crippen molar-refractivity contribution in [3.63, 3.8) is 0 Å². The lowest BCUT2D eigenvalue weighted by Crippen LogP contribution is -2.11. The summed E-state index contributed by atoms with van der Waals surface area (Å²) < 4.78 is 38.5. The summed E-state index contributed by atoms with van der Waals surface area (Å²) in [5.74, 6) is 0. The van der Waals surface area contributed by atoms with Crippen LogP contribution in [-0.2, 0) is 6.18 Å². The number of alkyl halides is 3. The first-order chi connectivity index (χ1) is 9.45. The average molecular weight is 308 g/mol. The van der Waals surface area contributed by atoms with Gasteiger partial charge in [-0.15, -0.1) is 0 Å². The monoisotopic (exact) mass is 307 g/mol. The zero-order valence-electron chi connectivity index (χ0n) is 11.7. The maximum atomic E-state index is 12.8. The van der Waals surface area contributed by atoms with E-state index in [0.29, 0.717) is 6.54 Å². The van der Waals surface area contributed by atoms with Crippen molar-refractivity contribution in [2.24, 2.45) is 0 Å². The molecule has 0 aromatic heterocycles. The normalized spacial score (nSPS) is 11.7. The maximum absolute atomic E-state index is 12.8. The van der Waals surface area contributed by atoms with Crippen molar-refractivity contribution in [3.8, 4) is 0 Å². The zero-order valence-corrected chi connectivity index (χ0v) is 12.4. The van der Waals surface area contributed by atoms with Crippen molar-refractivity contribution in [1.82, 2.24) is 0 Å². The predicted octanol–water partition coefficient (Wildman–Crippen LogP) is 6.13. The second-order valence-electron chi connectivity index (χ2n) is 4.88. The van der Waals surface area contributed by atoms with Crippen LogP contribution in [0.5, 0.6) is 0 Å². The summed E-state index contributed by atoms with van der Waals surface area (Å²) in [6.45, 7) is 2.71. The highest BCUT2D eigenvalue weighted by Gasteiger charge is 2.33. The van der Waals surface area contributed by atoms with Gasteiger partial charge in [-0.3, -0.25) is 0 Å². The van der Waals surface area contributed by atoms with Crippen molar-refractivity contribution >= 4 is 17.3 Å². The van der Waals surface area contributed by atoms with E-state index in [9.17, 15) is 13.2 Å². The fourth-order valence-electron chi connectivity index (χ4n) is 2.03. The summed E-state index contributed by atoms with van der Waals surface area (Å²) in [6, 6.07) is 3.83. The molecule has 0 fully saturated rings. The van der Waals surface area contributed by atoms with Crippen LogP contribution in [0.3, 0.4) is 0 Å². The molecule has 1 nitrogen and oxygen atoms in total. The number of hydrogen-bond donors (Lipinski definition) is 1. The third kappa shape index (κ3) is 6.04. The first-order valence-electron chi connectivity index (χ1n) is 7.05. The van der Waals surface area contributed by atoms with Gasteiger partial charge in [0.25, 0.3) is 0 Å². The van der Waals surface area contributed by atoms with Gasteiger partial charge in [-0.05, 0) is 24.6 Å². The first kappa shape index (κ1) is 17.2. The van der Waals surface area contributed by atoms with Gasteiger partial charge in [0.05, 0.1) is 5.56 Å². The summed E-state index contributed by atoms with van der Waals surface area (Å²) in [5.41, 5.74) is -0.591. The van der Waals surface area contributed by atoms with Crippen LogP contribution in [0.15, 0.2) is 18.2 Å². The summed E-state index contributed by atoms with van der Waals surface area (Å²) in [4.78, 5) is 0. The number of anilines is 1. The largest absolute Gasteiger partial charge is 0.418 e. The van der Waals surface area contributed by atoms with E-state index in [1.54, 1.807) is 0 Å². The van der Waals surface area contributed by atoms with Crippen LogP contribution in [0.1, 0.15) is 51.0 Å². The third-order valence-electron chi connectivity index (χ3n) is 3.13. The van der Waals surface area contributed by atoms with Gasteiger partial charge in [-0.25, -0.2) is 0 Å². The molecular weight excluding hydrogens is 287 g/mol. The number of rotatable bonds is 8. The lowest BCUT2D eigenvalue weighted by atomic mass is 10.1. The van der Waals surface area contributed by atoms with Crippen molar-refractivity contribution in [3.05, 3.63) is 28.8 Å². The Balaban J connectivity index is 2.44. The molecule has 1 rings (SSSR count). The molecule has 114 valence electrons. The highest BCUT2D eigenvalue weighted by Crippen LogP contribution is 2.36. The summed E-state index contributed by atoms with van der Waals surface area (Å²) in [5, 5.41) is 2.96. The Hall–Kier alpha value is -0.900. The smallest absolute Gasteiger partial charge is 0.385 e. The molecule has 0 heterocycles. The number of halogens is 4. The van der Waals surface area contributed by atoms with E-state index in [1.165, 1.54) is 31.4 Å². The van der Waals surface area contributed by atoms with Gasteiger partial charge in [0, 0.05) is 17.3 Å². The Labute approximate surface area is 123 Å². The Morgan fingerprint density at radius 1 is 1.05 bits per heavy atom. The summed E-state index contributed by atoms with van der Waals surface area (Å²) >= 11 is 5.63. The molecule has 0 aliphatic carbocycles. The number of nitrogens with one attached hydrogen (secondary N) is 1. The molecule has 5 heteroatoms. The van der Waals surface area contributed by atoms with E-state index < -0.39 is 11.7 Å². The van der Waals surface area contributed by atoms with Gasteiger partial charge in [0.1, 0.15) is 0 Å². The molecule has 0 aliphatic rings. The zero-order chi connectivity index (χ0) is 15.0. The third-order valence-corrected chi connectivity index (χ3v) is 3.37. The van der Waals surface area contributed by atoms with E-state index in [4.69, 9.17) is 11.6 Å². The Morgan fingerprint density at radius 3 is 2.35 bits per heavy atom. The van der Waals surface area contributed by atoms with Crippen LogP contribution in [0.25, 0.3) is 0 Å². The van der Waals surface area contributed by atoms with E-state index in [2.05, 4.69) is 12.2 Å². The predicted molar refractivity (Wildman–Crippen MR) is 78.3 cm³/mol. The quantitative estimate of drug-likeness (QED) is 0.569. The molecule has 0 saturated carbocycles. The molecule has 20 heavy (non-hydrogen) atoms. The molecule has 1 aromatic carbocycles. The molecule has 1 aromatic rings. The van der Waals surface area contributed by atoms with Crippen LogP contribution < -0.4 is 5.32 Å². The second-order valence-corrected chi connectivity index (χ2v) is 5.32. The van der Waals surface area contributed by atoms with Gasteiger partial charge < -0.3 is 5.32 Å². The van der Waals surface area contributed by atoms with Gasteiger partial charge in [0.15, 0.2) is 0 Å². The molecule has 0 spiro atoms. The van der Waals surface area contributed by atoms with E-state index in [0.717, 1.165) is 25.3 Å². The highest BCUT2D eigenvalue weighted by molar-refractivity contribution is 6.30. The lowest BCUT2D eigenvalue weighted by Gasteiger charge is -2.14. The molecule has 0 aliphatic heterocycles. The number of unbranched alkanes of at least 4 members (excludes halogenated alkanes) is 5. The maximum Gasteiger partial charge on any atom is 0.418 e. The molecule has 0 unspecified atom stereocenters. The van der Waals surface area contributed by atoms with Gasteiger partial charge in [-0.2, -0.15) is 13.2 Å². The molecule has 0 bridgehead atoms. The van der Waals surface area contributed by atoms with Crippen molar-refractivity contribution < 1.29 is 13.2 Å². The SMILES string of the molecule is CCCCCCCCNc1ccc(Cl)cc1C(F)(F)F. The van der Waals surface area contributed by atoms with Gasteiger partial charge in [-0.1, -0.05) is 50.6 Å². The fraction of sp³-hybridized carbons (Fsp3) is 0.600. The molecule has 0 amide bonds. The van der Waals surface area contributed by atoms with Crippen molar-refractivity contribution in [1.29, 1.82) is 0 Å². The van der Waals surface area contributed by atoms with E-state index in [1.807, 2.05) is 0 Å². The van der Waals surface area contributed by atoms with Crippen LogP contribution >= 0.6 is 11.6 Å². The Kier molecular flexibility index (Phi) is 7.20. The van der Waals surface area contributed by atoms with Crippen molar-refractivity contribution in [2.75, 3.05) is 11.9 Å². The fourth-order valence-corrected chi connectivity index (χ4v) is 2.21. The summed E-state index contributed by atoms with van der Waals surface area (Å²) in [6.07, 6.45) is 2.30. The lowest BCUT2D eigenvalue weighted by molar-refractivity contribution is -0.136. The van der Waals surface area contributed by atoms with Crippen LogP contribution in [0, 0.1) is 0 Å². The van der Waals surface area contributed by atoms with Gasteiger partial charge in [0.2, 0.25) is 0 Å². The Morgan fingerprint density at radius 2 is 1.70 bits per heavy atom. The molecule has 0 radical (unpaired) electrons. The van der Waals surface area contributed by atoms with Crippen molar-refractivity contribution in [2.45, 2.75) is 51.6 Å². The van der Waals surface area contributed by atoms with Crippen LogP contribution in [0.4, 0.5) is 18.9 Å². The molecule has 1 N–H and O–H groups in total. The van der Waals surface area contributed by atoms with Crippen LogP contribution in [0.2, 0.25) is 5.02 Å². The first-order valence-corrected chi connectivity index (χ1v) is 7.43. The van der Waals surface area contributed by atoms with Gasteiger partial charge >= 0.3 is 6.18 Å². The standard InChI is InChI=1S/C15H21ClF3N/c1-2-3-4-5-6-7-10-20-14-9-8-12(16)11-13(14)15(17,18)19/h8-9,11,20H,2-7,10H2,1H3. The molecular formula is C15H21ClF3N. The Bertz CT molecular complexity index is 405. The number of hydrogen-bond acceptors (Lipinski definition) is 1.